The molecule has 1 rings (SSSR count). The highest BCUT2D eigenvalue weighted by Gasteiger charge is 2.04. The molecule has 1 aromatic rings. The molecule has 0 saturated carbocycles. The van der Waals surface area contributed by atoms with Gasteiger partial charge >= 0.3 is 0 Å². The van der Waals surface area contributed by atoms with Crippen molar-refractivity contribution in [1.82, 2.24) is 9.71 Å². The van der Waals surface area contributed by atoms with Crippen LogP contribution in [-0.4, -0.2) is 39.4 Å². The van der Waals surface area contributed by atoms with Gasteiger partial charge in [0.05, 0.1) is 12.9 Å². The summed E-state index contributed by atoms with van der Waals surface area (Å²) >= 11 is 0. The van der Waals surface area contributed by atoms with Gasteiger partial charge in [-0.1, -0.05) is 6.92 Å². The fourth-order valence-corrected chi connectivity index (χ4v) is 1.92. The van der Waals surface area contributed by atoms with Crippen LogP contribution in [0.3, 0.4) is 0 Å². The molecule has 108 valence electrons. The number of pyridine rings is 1. The van der Waals surface area contributed by atoms with Crippen molar-refractivity contribution in [1.29, 1.82) is 0 Å². The molecule has 0 aromatic carbocycles. The number of rotatable bonds is 9. The van der Waals surface area contributed by atoms with E-state index >= 15 is 0 Å². The Morgan fingerprint density at radius 2 is 2.16 bits per heavy atom. The van der Waals surface area contributed by atoms with Crippen LogP contribution in [0.2, 0.25) is 0 Å². The second-order valence-electron chi connectivity index (χ2n) is 4.15. The Morgan fingerprint density at radius 3 is 2.84 bits per heavy atom. The van der Waals surface area contributed by atoms with Crippen molar-refractivity contribution < 1.29 is 13.2 Å². The first-order valence-electron chi connectivity index (χ1n) is 6.29. The summed E-state index contributed by atoms with van der Waals surface area (Å²) in [6, 6.07) is 3.68. The van der Waals surface area contributed by atoms with E-state index in [0.717, 1.165) is 18.4 Å². The number of sulfonamides is 1. The van der Waals surface area contributed by atoms with Crippen LogP contribution in [0.5, 0.6) is 5.75 Å². The lowest BCUT2D eigenvalue weighted by molar-refractivity contribution is 0.318. The van der Waals surface area contributed by atoms with Gasteiger partial charge in [0.25, 0.3) is 0 Å². The fraction of sp³-hybridized carbons (Fsp3) is 0.583. The second kappa shape index (κ2) is 7.96. The summed E-state index contributed by atoms with van der Waals surface area (Å²) in [5.74, 6) is 1.41. The third kappa shape index (κ3) is 6.97. The van der Waals surface area contributed by atoms with Gasteiger partial charge in [0, 0.05) is 19.3 Å². The average Bonchev–Trinajstić information content (AvgIpc) is 2.36. The molecule has 0 radical (unpaired) electrons. The van der Waals surface area contributed by atoms with E-state index in [0.29, 0.717) is 31.9 Å². The van der Waals surface area contributed by atoms with Crippen LogP contribution >= 0.6 is 0 Å². The number of aromatic nitrogens is 1. The number of nitrogens with one attached hydrogen (secondary N) is 2. The maximum absolute atomic E-state index is 10.9. The van der Waals surface area contributed by atoms with E-state index in [9.17, 15) is 8.42 Å². The minimum Gasteiger partial charge on any atom is -0.490 e. The average molecular weight is 287 g/mol. The number of nitrogens with zero attached hydrogens (tertiary/aromatic N) is 1. The lowest BCUT2D eigenvalue weighted by Gasteiger charge is -2.11. The third-order valence-electron chi connectivity index (χ3n) is 2.24. The molecular formula is C12H21N3O3S. The molecular weight excluding hydrogens is 266 g/mol. The van der Waals surface area contributed by atoms with Crippen LogP contribution in [0, 0.1) is 0 Å². The maximum atomic E-state index is 10.9. The van der Waals surface area contributed by atoms with Crippen LogP contribution < -0.4 is 14.8 Å². The van der Waals surface area contributed by atoms with Crippen LogP contribution in [-0.2, 0) is 10.0 Å². The van der Waals surface area contributed by atoms with Crippen LogP contribution in [0.15, 0.2) is 18.3 Å². The summed E-state index contributed by atoms with van der Waals surface area (Å²) < 4.78 is 29.7. The fourth-order valence-electron chi connectivity index (χ4n) is 1.40. The summed E-state index contributed by atoms with van der Waals surface area (Å²) in [5, 5.41) is 3.14. The van der Waals surface area contributed by atoms with Gasteiger partial charge in [0.2, 0.25) is 10.0 Å². The highest BCUT2D eigenvalue weighted by Crippen LogP contribution is 2.20. The van der Waals surface area contributed by atoms with Crippen molar-refractivity contribution in [2.24, 2.45) is 0 Å². The molecule has 0 aliphatic carbocycles. The molecule has 2 N–H and O–H groups in total. The van der Waals surface area contributed by atoms with Crippen molar-refractivity contribution in [3.63, 3.8) is 0 Å². The summed E-state index contributed by atoms with van der Waals surface area (Å²) in [5.41, 5.74) is 0. The molecule has 0 fully saturated rings. The first-order chi connectivity index (χ1) is 9.03. The van der Waals surface area contributed by atoms with Crippen molar-refractivity contribution in [2.75, 3.05) is 31.3 Å². The predicted octanol–water partition coefficient (Wildman–Crippen LogP) is 1.22. The third-order valence-corrected chi connectivity index (χ3v) is 2.97. The molecule has 0 unspecified atom stereocenters. The largest absolute Gasteiger partial charge is 0.490 e. The molecule has 0 aliphatic heterocycles. The van der Waals surface area contributed by atoms with Gasteiger partial charge in [-0.05, 0) is 25.0 Å². The van der Waals surface area contributed by atoms with Gasteiger partial charge in [0.15, 0.2) is 11.6 Å². The van der Waals surface area contributed by atoms with E-state index in [2.05, 4.69) is 15.0 Å². The second-order valence-corrected chi connectivity index (χ2v) is 5.98. The Balaban J connectivity index is 2.36. The molecule has 0 bridgehead atoms. The molecule has 6 nitrogen and oxygen atoms in total. The predicted molar refractivity (Wildman–Crippen MR) is 76.0 cm³/mol. The normalized spacial score (nSPS) is 11.3. The van der Waals surface area contributed by atoms with Crippen molar-refractivity contribution in [3.05, 3.63) is 18.3 Å². The van der Waals surface area contributed by atoms with E-state index in [1.807, 2.05) is 19.1 Å². The van der Waals surface area contributed by atoms with Crippen LogP contribution in [0.25, 0.3) is 0 Å². The lowest BCUT2D eigenvalue weighted by atomic mass is 10.4. The Bertz CT molecular complexity index is 477. The molecule has 1 heterocycles. The highest BCUT2D eigenvalue weighted by molar-refractivity contribution is 7.88. The van der Waals surface area contributed by atoms with E-state index in [1.54, 1.807) is 6.20 Å². The number of hydrogen-bond donors (Lipinski definition) is 2. The summed E-state index contributed by atoms with van der Waals surface area (Å²) in [6.07, 6.45) is 4.45. The van der Waals surface area contributed by atoms with Crippen LogP contribution in [0.1, 0.15) is 19.8 Å². The lowest BCUT2D eigenvalue weighted by Crippen LogP contribution is -2.24. The zero-order chi connectivity index (χ0) is 14.1. The minimum atomic E-state index is -3.11. The van der Waals surface area contributed by atoms with Gasteiger partial charge < -0.3 is 10.1 Å². The molecule has 7 heteroatoms. The number of ether oxygens (including phenoxy) is 1. The van der Waals surface area contributed by atoms with E-state index in [4.69, 9.17) is 4.74 Å². The zero-order valence-corrected chi connectivity index (χ0v) is 12.2. The molecule has 1 aromatic heterocycles. The summed E-state index contributed by atoms with van der Waals surface area (Å²) in [7, 11) is -3.11. The quantitative estimate of drug-likeness (QED) is 0.668. The van der Waals surface area contributed by atoms with Crippen molar-refractivity contribution in [3.8, 4) is 5.75 Å². The van der Waals surface area contributed by atoms with E-state index in [-0.39, 0.29) is 0 Å². The highest BCUT2D eigenvalue weighted by atomic mass is 32.2. The maximum Gasteiger partial charge on any atom is 0.208 e. The molecule has 19 heavy (non-hydrogen) atoms. The Hall–Kier alpha value is -1.34. The Morgan fingerprint density at radius 1 is 1.37 bits per heavy atom. The van der Waals surface area contributed by atoms with Gasteiger partial charge in [-0.2, -0.15) is 0 Å². The summed E-state index contributed by atoms with van der Waals surface area (Å²) in [6.45, 7) is 3.72. The minimum absolute atomic E-state index is 0.407. The number of anilines is 1. The van der Waals surface area contributed by atoms with Gasteiger partial charge in [0.1, 0.15) is 0 Å². The van der Waals surface area contributed by atoms with E-state index < -0.39 is 10.0 Å². The smallest absolute Gasteiger partial charge is 0.208 e. The first kappa shape index (κ1) is 15.7. The molecule has 0 aliphatic rings. The Kier molecular flexibility index (Phi) is 6.58. The Labute approximate surface area is 114 Å². The SMILES string of the molecule is CCCOc1cccnc1NCCCNS(C)(=O)=O. The van der Waals surface area contributed by atoms with Crippen molar-refractivity contribution >= 4 is 15.8 Å². The molecule has 0 amide bonds. The van der Waals surface area contributed by atoms with Crippen LogP contribution in [0.4, 0.5) is 5.82 Å². The molecule has 0 saturated heterocycles. The van der Waals surface area contributed by atoms with Crippen molar-refractivity contribution in [2.45, 2.75) is 19.8 Å². The molecule has 0 spiro atoms. The monoisotopic (exact) mass is 287 g/mol. The summed E-state index contributed by atoms with van der Waals surface area (Å²) in [4.78, 5) is 4.20. The van der Waals surface area contributed by atoms with Gasteiger partial charge in [-0.3, -0.25) is 0 Å². The van der Waals surface area contributed by atoms with Gasteiger partial charge in [-0.25, -0.2) is 18.1 Å². The zero-order valence-electron chi connectivity index (χ0n) is 11.3. The number of hydrogen-bond acceptors (Lipinski definition) is 5. The standard InChI is InChI=1S/C12H21N3O3S/c1-3-10-18-11-6-4-7-13-12(11)14-8-5-9-15-19(2,16)17/h4,6-7,15H,3,5,8-10H2,1-2H3,(H,13,14). The molecule has 0 atom stereocenters. The first-order valence-corrected chi connectivity index (χ1v) is 8.18. The van der Waals surface area contributed by atoms with Gasteiger partial charge in [-0.15, -0.1) is 0 Å². The van der Waals surface area contributed by atoms with E-state index in [1.165, 1.54) is 0 Å². The topological polar surface area (TPSA) is 80.3 Å².